The van der Waals surface area contributed by atoms with Crippen molar-refractivity contribution in [2.75, 3.05) is 6.61 Å². The standard InChI is InChI=1S/C13H9FN2O3/c1-2-19-13(18)10(6-15)11-9-5-7(14)3-4-8(9)12(17)16-11/h3-5H,2H2,1H3,(H,16,17)/b11-10-. The second-order valence-electron chi connectivity index (χ2n) is 3.73. The first-order valence-corrected chi connectivity index (χ1v) is 5.51. The van der Waals surface area contributed by atoms with Crippen molar-refractivity contribution in [3.63, 3.8) is 0 Å². The summed E-state index contributed by atoms with van der Waals surface area (Å²) in [4.78, 5) is 23.3. The van der Waals surface area contributed by atoms with Crippen LogP contribution >= 0.6 is 0 Å². The van der Waals surface area contributed by atoms with E-state index < -0.39 is 17.7 Å². The SMILES string of the molecule is CCOC(=O)/C(C#N)=C1\NC(=O)c2ccc(F)cc21. The number of amides is 1. The van der Waals surface area contributed by atoms with Crippen molar-refractivity contribution >= 4 is 17.6 Å². The van der Waals surface area contributed by atoms with Gasteiger partial charge in [0.25, 0.3) is 5.91 Å². The minimum absolute atomic E-state index is 0.0135. The van der Waals surface area contributed by atoms with Crippen LogP contribution in [0.2, 0.25) is 0 Å². The lowest BCUT2D eigenvalue weighted by molar-refractivity contribution is -0.137. The number of nitrogens with one attached hydrogen (secondary N) is 1. The molecule has 2 rings (SSSR count). The lowest BCUT2D eigenvalue weighted by Gasteiger charge is -2.04. The summed E-state index contributed by atoms with van der Waals surface area (Å²) >= 11 is 0. The van der Waals surface area contributed by atoms with Crippen LogP contribution in [0.3, 0.4) is 0 Å². The first kappa shape index (κ1) is 12.8. The Bertz CT molecular complexity index is 644. The number of halogens is 1. The van der Waals surface area contributed by atoms with E-state index in [-0.39, 0.29) is 29.0 Å². The molecule has 0 atom stereocenters. The number of esters is 1. The molecule has 1 amide bonds. The molecule has 0 fully saturated rings. The molecule has 5 nitrogen and oxygen atoms in total. The van der Waals surface area contributed by atoms with Gasteiger partial charge in [-0.2, -0.15) is 5.26 Å². The van der Waals surface area contributed by atoms with Crippen LogP contribution in [0.5, 0.6) is 0 Å². The lowest BCUT2D eigenvalue weighted by atomic mass is 10.0. The molecule has 0 unspecified atom stereocenters. The molecule has 1 N–H and O–H groups in total. The van der Waals surface area contributed by atoms with Gasteiger partial charge < -0.3 is 10.1 Å². The first-order valence-electron chi connectivity index (χ1n) is 5.51. The van der Waals surface area contributed by atoms with Crippen LogP contribution in [-0.4, -0.2) is 18.5 Å². The average Bonchev–Trinajstić information content (AvgIpc) is 2.68. The number of ether oxygens (including phenoxy) is 1. The molecule has 0 saturated heterocycles. The van der Waals surface area contributed by atoms with Crippen molar-refractivity contribution in [1.82, 2.24) is 5.32 Å². The largest absolute Gasteiger partial charge is 0.462 e. The van der Waals surface area contributed by atoms with E-state index in [1.165, 1.54) is 6.07 Å². The number of nitriles is 1. The van der Waals surface area contributed by atoms with E-state index in [1.54, 1.807) is 13.0 Å². The third-order valence-electron chi connectivity index (χ3n) is 2.58. The van der Waals surface area contributed by atoms with Gasteiger partial charge in [0, 0.05) is 11.1 Å². The predicted octanol–water partition coefficient (Wildman–Crippen LogP) is 1.37. The van der Waals surface area contributed by atoms with Gasteiger partial charge in [0.15, 0.2) is 5.57 Å². The molecule has 1 aliphatic heterocycles. The zero-order valence-electron chi connectivity index (χ0n) is 9.99. The molecule has 0 radical (unpaired) electrons. The van der Waals surface area contributed by atoms with Crippen LogP contribution in [0.4, 0.5) is 4.39 Å². The Labute approximate surface area is 108 Å². The summed E-state index contributed by atoms with van der Waals surface area (Å²) in [7, 11) is 0. The van der Waals surface area contributed by atoms with Crippen LogP contribution in [0.1, 0.15) is 22.8 Å². The fraction of sp³-hybridized carbons (Fsp3) is 0.154. The molecular weight excluding hydrogens is 251 g/mol. The van der Waals surface area contributed by atoms with Gasteiger partial charge in [0.1, 0.15) is 11.9 Å². The fourth-order valence-electron chi connectivity index (χ4n) is 1.77. The number of nitrogens with zero attached hydrogens (tertiary/aromatic N) is 1. The third-order valence-corrected chi connectivity index (χ3v) is 2.58. The highest BCUT2D eigenvalue weighted by Crippen LogP contribution is 2.28. The number of fused-ring (bicyclic) bond motifs is 1. The van der Waals surface area contributed by atoms with E-state index >= 15 is 0 Å². The van der Waals surface area contributed by atoms with Gasteiger partial charge in [-0.05, 0) is 25.1 Å². The number of hydrogen-bond donors (Lipinski definition) is 1. The smallest absolute Gasteiger partial charge is 0.351 e. The molecule has 0 bridgehead atoms. The molecular formula is C13H9FN2O3. The van der Waals surface area contributed by atoms with Gasteiger partial charge >= 0.3 is 5.97 Å². The molecule has 19 heavy (non-hydrogen) atoms. The molecule has 96 valence electrons. The Morgan fingerprint density at radius 2 is 2.21 bits per heavy atom. The lowest BCUT2D eigenvalue weighted by Crippen LogP contribution is -2.17. The van der Waals surface area contributed by atoms with Crippen LogP contribution in [0.15, 0.2) is 23.8 Å². The van der Waals surface area contributed by atoms with Gasteiger partial charge in [-0.1, -0.05) is 0 Å². The molecule has 6 heteroatoms. The maximum absolute atomic E-state index is 13.2. The van der Waals surface area contributed by atoms with Crippen molar-refractivity contribution in [2.24, 2.45) is 0 Å². The van der Waals surface area contributed by atoms with E-state index in [2.05, 4.69) is 5.32 Å². The molecule has 1 aromatic rings. The van der Waals surface area contributed by atoms with E-state index in [0.29, 0.717) is 0 Å². The maximum atomic E-state index is 13.2. The molecule has 0 saturated carbocycles. The first-order chi connectivity index (χ1) is 9.08. The number of hydrogen-bond acceptors (Lipinski definition) is 4. The van der Waals surface area contributed by atoms with Crippen molar-refractivity contribution < 1.29 is 18.7 Å². The van der Waals surface area contributed by atoms with Crippen LogP contribution in [0, 0.1) is 17.1 Å². The highest BCUT2D eigenvalue weighted by molar-refractivity contribution is 6.14. The Balaban J connectivity index is 2.60. The predicted molar refractivity (Wildman–Crippen MR) is 63.0 cm³/mol. The van der Waals surface area contributed by atoms with Crippen LogP contribution in [0.25, 0.3) is 5.70 Å². The van der Waals surface area contributed by atoms with E-state index in [1.807, 2.05) is 0 Å². The monoisotopic (exact) mass is 260 g/mol. The molecule has 1 heterocycles. The molecule has 1 aliphatic rings. The Morgan fingerprint density at radius 3 is 2.84 bits per heavy atom. The molecule has 1 aromatic carbocycles. The molecule has 0 spiro atoms. The van der Waals surface area contributed by atoms with Crippen LogP contribution < -0.4 is 5.32 Å². The topological polar surface area (TPSA) is 79.2 Å². The third kappa shape index (κ3) is 2.18. The minimum Gasteiger partial charge on any atom is -0.462 e. The van der Waals surface area contributed by atoms with Crippen molar-refractivity contribution in [3.8, 4) is 6.07 Å². The van der Waals surface area contributed by atoms with Crippen molar-refractivity contribution in [2.45, 2.75) is 6.92 Å². The average molecular weight is 260 g/mol. The van der Waals surface area contributed by atoms with Crippen LogP contribution in [-0.2, 0) is 9.53 Å². The number of carbonyl (C=O) groups is 2. The fourth-order valence-corrected chi connectivity index (χ4v) is 1.77. The highest BCUT2D eigenvalue weighted by Gasteiger charge is 2.29. The summed E-state index contributed by atoms with van der Waals surface area (Å²) in [5.74, 6) is -1.90. The Hall–Kier alpha value is -2.68. The summed E-state index contributed by atoms with van der Waals surface area (Å²) in [5, 5.41) is 11.4. The van der Waals surface area contributed by atoms with E-state index in [9.17, 15) is 14.0 Å². The Morgan fingerprint density at radius 1 is 1.47 bits per heavy atom. The molecule has 0 aromatic heterocycles. The van der Waals surface area contributed by atoms with Gasteiger partial charge in [-0.3, -0.25) is 4.79 Å². The number of rotatable bonds is 2. The highest BCUT2D eigenvalue weighted by atomic mass is 19.1. The normalized spacial score (nSPS) is 15.3. The van der Waals surface area contributed by atoms with E-state index in [0.717, 1.165) is 12.1 Å². The second kappa shape index (κ2) is 4.90. The second-order valence-corrected chi connectivity index (χ2v) is 3.73. The molecule has 0 aliphatic carbocycles. The summed E-state index contributed by atoms with van der Waals surface area (Å²) in [6.07, 6.45) is 0. The maximum Gasteiger partial charge on any atom is 0.351 e. The Kier molecular flexibility index (Phi) is 3.29. The van der Waals surface area contributed by atoms with Crippen molar-refractivity contribution in [1.29, 1.82) is 5.26 Å². The number of carbonyl (C=O) groups excluding carboxylic acids is 2. The zero-order chi connectivity index (χ0) is 14.0. The minimum atomic E-state index is -0.850. The number of benzene rings is 1. The zero-order valence-corrected chi connectivity index (χ0v) is 9.99. The van der Waals surface area contributed by atoms with Gasteiger partial charge in [0.05, 0.1) is 12.3 Å². The van der Waals surface area contributed by atoms with Gasteiger partial charge in [-0.25, -0.2) is 9.18 Å². The van der Waals surface area contributed by atoms with Crippen molar-refractivity contribution in [3.05, 3.63) is 40.7 Å². The van der Waals surface area contributed by atoms with Gasteiger partial charge in [-0.15, -0.1) is 0 Å². The summed E-state index contributed by atoms with van der Waals surface area (Å²) in [6.45, 7) is 1.69. The summed E-state index contributed by atoms with van der Waals surface area (Å²) in [5.41, 5.74) is 0.0445. The van der Waals surface area contributed by atoms with E-state index in [4.69, 9.17) is 10.00 Å². The summed E-state index contributed by atoms with van der Waals surface area (Å²) < 4.78 is 17.9. The van der Waals surface area contributed by atoms with Gasteiger partial charge in [0.2, 0.25) is 0 Å². The summed E-state index contributed by atoms with van der Waals surface area (Å²) in [6, 6.07) is 5.21. The quantitative estimate of drug-likeness (QED) is 0.494.